The lowest BCUT2D eigenvalue weighted by molar-refractivity contribution is -0.139. The first kappa shape index (κ1) is 37.9. The largest absolute Gasteiger partial charge is 0.494 e. The van der Waals surface area contributed by atoms with E-state index in [2.05, 4.69) is 13.2 Å². The molecule has 0 spiro atoms. The number of rotatable bonds is 19. The van der Waals surface area contributed by atoms with Crippen LogP contribution in [0.5, 0.6) is 23.0 Å². The number of esters is 4. The Kier molecular flexibility index (Phi) is 14.9. The quantitative estimate of drug-likeness (QED) is 0.0425. The first-order chi connectivity index (χ1) is 23.5. The summed E-state index contributed by atoms with van der Waals surface area (Å²) in [6.07, 6.45) is 4.61. The van der Waals surface area contributed by atoms with Crippen LogP contribution in [0, 0.1) is 17.5 Å². The van der Waals surface area contributed by atoms with Gasteiger partial charge < -0.3 is 28.4 Å². The van der Waals surface area contributed by atoms with Crippen molar-refractivity contribution in [3.8, 4) is 23.0 Å². The first-order valence-electron chi connectivity index (χ1n) is 15.2. The maximum atomic E-state index is 14.8. The topological polar surface area (TPSA) is 124 Å². The predicted octanol–water partition coefficient (Wildman–Crippen LogP) is 7.10. The molecule has 10 nitrogen and oxygen atoms in total. The molecule has 0 aliphatic carbocycles. The van der Waals surface area contributed by atoms with Gasteiger partial charge in [-0.15, -0.1) is 0 Å². The van der Waals surface area contributed by atoms with E-state index >= 15 is 0 Å². The van der Waals surface area contributed by atoms with Gasteiger partial charge in [0, 0.05) is 24.1 Å². The van der Waals surface area contributed by atoms with Gasteiger partial charge in [0.05, 0.1) is 37.6 Å². The third kappa shape index (κ3) is 12.2. The number of hydrogen-bond acceptors (Lipinski definition) is 10. The molecular formula is C36H35F3O10. The van der Waals surface area contributed by atoms with Gasteiger partial charge in [0.15, 0.2) is 11.6 Å². The molecule has 3 rings (SSSR count). The average molecular weight is 685 g/mol. The number of carbonyl (C=O) groups is 4. The summed E-state index contributed by atoms with van der Waals surface area (Å²) in [5.41, 5.74) is 0.116. The van der Waals surface area contributed by atoms with Crippen molar-refractivity contribution < 1.29 is 60.8 Å². The molecule has 0 N–H and O–H groups in total. The van der Waals surface area contributed by atoms with Gasteiger partial charge in [-0.3, -0.25) is 0 Å². The first-order valence-corrected chi connectivity index (χ1v) is 15.2. The average Bonchev–Trinajstić information content (AvgIpc) is 3.10. The molecule has 0 radical (unpaired) electrons. The van der Waals surface area contributed by atoms with Crippen LogP contribution in [0.15, 0.2) is 79.4 Å². The van der Waals surface area contributed by atoms with Crippen molar-refractivity contribution in [2.24, 2.45) is 0 Å². The number of halogens is 3. The molecule has 3 aromatic rings. The fraction of sp³-hybridized carbons (Fsp3) is 0.278. The molecule has 0 aromatic heterocycles. The van der Waals surface area contributed by atoms with Crippen LogP contribution in [0.4, 0.5) is 13.2 Å². The number of carbonyl (C=O) groups excluding carboxylic acids is 4. The molecule has 0 amide bonds. The molecule has 3 aromatic carbocycles. The smallest absolute Gasteiger partial charge is 0.343 e. The summed E-state index contributed by atoms with van der Waals surface area (Å²) in [7, 11) is 0. The Labute approximate surface area is 281 Å². The standard InChI is InChI=1S/C36H35F3O10/c1-4-30(40)46-19-8-6-5-7-18-44-26-16-12-25(13-17-26)36(43)49-33-28(37)22-29(31(38)32(33)39)48-35(42)24-10-14-27(15-11-24)45-20-9-21-47-34(41)23(2)3/h4,10-17,22H,1-2,5-9,18-21H2,3H3. The van der Waals surface area contributed by atoms with Gasteiger partial charge in [0.25, 0.3) is 0 Å². The van der Waals surface area contributed by atoms with E-state index < -0.39 is 52.8 Å². The van der Waals surface area contributed by atoms with Crippen LogP contribution in [0.25, 0.3) is 0 Å². The van der Waals surface area contributed by atoms with Crippen molar-refractivity contribution in [3.63, 3.8) is 0 Å². The van der Waals surface area contributed by atoms with Gasteiger partial charge in [0.2, 0.25) is 17.4 Å². The second kappa shape index (κ2) is 19.3. The lowest BCUT2D eigenvalue weighted by Gasteiger charge is -2.12. The van der Waals surface area contributed by atoms with E-state index in [4.69, 9.17) is 28.4 Å². The molecule has 0 heterocycles. The fourth-order valence-electron chi connectivity index (χ4n) is 3.93. The van der Waals surface area contributed by atoms with Crippen LogP contribution in [0.1, 0.15) is 59.7 Å². The lowest BCUT2D eigenvalue weighted by atomic mass is 10.2. The molecular weight excluding hydrogens is 649 g/mol. The zero-order valence-corrected chi connectivity index (χ0v) is 26.8. The van der Waals surface area contributed by atoms with E-state index in [-0.39, 0.29) is 29.9 Å². The highest BCUT2D eigenvalue weighted by Crippen LogP contribution is 2.32. The molecule has 0 atom stereocenters. The Morgan fingerprint density at radius 1 is 0.673 bits per heavy atom. The zero-order chi connectivity index (χ0) is 35.8. The summed E-state index contributed by atoms with van der Waals surface area (Å²) in [6, 6.07) is 11.4. The Morgan fingerprint density at radius 3 is 1.73 bits per heavy atom. The highest BCUT2D eigenvalue weighted by molar-refractivity contribution is 5.92. The summed E-state index contributed by atoms with van der Waals surface area (Å²) in [5.74, 6) is -9.90. The van der Waals surface area contributed by atoms with E-state index in [1.807, 2.05) is 0 Å². The molecule has 260 valence electrons. The summed E-state index contributed by atoms with van der Waals surface area (Å²) < 4.78 is 74.9. The molecule has 0 saturated carbocycles. The van der Waals surface area contributed by atoms with Crippen LogP contribution in [0.3, 0.4) is 0 Å². The zero-order valence-electron chi connectivity index (χ0n) is 26.8. The van der Waals surface area contributed by atoms with E-state index in [0.29, 0.717) is 43.6 Å². The SMILES string of the molecule is C=CC(=O)OCCCCCCOc1ccc(C(=O)Oc2c(F)cc(OC(=O)c3ccc(OCCCOC(=O)C(=C)C)cc3)c(F)c2F)cc1. The van der Waals surface area contributed by atoms with Crippen molar-refractivity contribution in [1.29, 1.82) is 0 Å². The van der Waals surface area contributed by atoms with Gasteiger partial charge in [0.1, 0.15) is 11.5 Å². The molecule has 0 aliphatic rings. The number of benzene rings is 3. The van der Waals surface area contributed by atoms with E-state index in [1.54, 1.807) is 0 Å². The molecule has 49 heavy (non-hydrogen) atoms. The number of hydrogen-bond donors (Lipinski definition) is 0. The molecule has 0 aliphatic heterocycles. The van der Waals surface area contributed by atoms with Gasteiger partial charge in [-0.1, -0.05) is 13.2 Å². The van der Waals surface area contributed by atoms with Crippen LogP contribution < -0.4 is 18.9 Å². The van der Waals surface area contributed by atoms with Gasteiger partial charge in [-0.25, -0.2) is 23.6 Å². The normalized spacial score (nSPS) is 10.4. The minimum absolute atomic E-state index is 0.0744. The van der Waals surface area contributed by atoms with E-state index in [0.717, 1.165) is 25.3 Å². The molecule has 0 unspecified atom stereocenters. The van der Waals surface area contributed by atoms with Crippen molar-refractivity contribution in [2.75, 3.05) is 26.4 Å². The molecule has 0 saturated heterocycles. The second-order valence-corrected chi connectivity index (χ2v) is 10.4. The minimum atomic E-state index is -1.87. The summed E-state index contributed by atoms with van der Waals surface area (Å²) in [6.45, 7) is 9.36. The minimum Gasteiger partial charge on any atom is -0.494 e. The van der Waals surface area contributed by atoms with Crippen LogP contribution in [-0.4, -0.2) is 50.3 Å². The second-order valence-electron chi connectivity index (χ2n) is 10.4. The maximum Gasteiger partial charge on any atom is 0.343 e. The molecule has 0 bridgehead atoms. The lowest BCUT2D eigenvalue weighted by Crippen LogP contribution is -2.14. The van der Waals surface area contributed by atoms with Crippen molar-refractivity contribution in [2.45, 2.75) is 39.0 Å². The third-order valence-electron chi connectivity index (χ3n) is 6.52. The van der Waals surface area contributed by atoms with Crippen molar-refractivity contribution in [3.05, 3.63) is 108 Å². The summed E-state index contributed by atoms with van der Waals surface area (Å²) >= 11 is 0. The third-order valence-corrected chi connectivity index (χ3v) is 6.52. The Hall–Kier alpha value is -5.59. The summed E-state index contributed by atoms with van der Waals surface area (Å²) in [5, 5.41) is 0. The highest BCUT2D eigenvalue weighted by Gasteiger charge is 2.26. The maximum absolute atomic E-state index is 14.8. The summed E-state index contributed by atoms with van der Waals surface area (Å²) in [4.78, 5) is 47.4. The Bertz CT molecular complexity index is 1640. The Balaban J connectivity index is 1.47. The van der Waals surface area contributed by atoms with Crippen LogP contribution in [-0.2, 0) is 19.1 Å². The number of ether oxygens (including phenoxy) is 6. The fourth-order valence-corrected chi connectivity index (χ4v) is 3.93. The molecule has 13 heteroatoms. The predicted molar refractivity (Wildman–Crippen MR) is 170 cm³/mol. The van der Waals surface area contributed by atoms with E-state index in [1.165, 1.54) is 55.5 Å². The van der Waals surface area contributed by atoms with E-state index in [9.17, 15) is 32.3 Å². The van der Waals surface area contributed by atoms with Crippen molar-refractivity contribution >= 4 is 23.9 Å². The Morgan fingerprint density at radius 2 is 1.18 bits per heavy atom. The monoisotopic (exact) mass is 684 g/mol. The van der Waals surface area contributed by atoms with Crippen molar-refractivity contribution in [1.82, 2.24) is 0 Å². The van der Waals surface area contributed by atoms with Gasteiger partial charge >= 0.3 is 23.9 Å². The van der Waals surface area contributed by atoms with Crippen LogP contribution >= 0.6 is 0 Å². The van der Waals surface area contributed by atoms with Crippen LogP contribution in [0.2, 0.25) is 0 Å². The highest BCUT2D eigenvalue weighted by atomic mass is 19.2. The molecule has 0 fully saturated rings. The van der Waals surface area contributed by atoms with Gasteiger partial charge in [-0.05, 0) is 81.1 Å². The van der Waals surface area contributed by atoms with Gasteiger partial charge in [-0.2, -0.15) is 8.78 Å². The number of unbranched alkanes of at least 4 members (excludes halogenated alkanes) is 3.